The number of nitriles is 1. The molecule has 4 heteroatoms. The van der Waals surface area contributed by atoms with E-state index in [1.165, 1.54) is 0 Å². The summed E-state index contributed by atoms with van der Waals surface area (Å²) in [5, 5.41) is 12.4. The second kappa shape index (κ2) is 4.93. The third-order valence-electron chi connectivity index (χ3n) is 3.70. The van der Waals surface area contributed by atoms with Gasteiger partial charge in [0.15, 0.2) is 5.79 Å². The van der Waals surface area contributed by atoms with Crippen LogP contribution in [0.15, 0.2) is 0 Å². The standard InChI is InChI=1S/C13H22N2O2/c1-12(2,9-14)10-15-11-3-5-13(6-4-11)16-7-8-17-13/h11,15H,3-8,10H2,1-2H3. The minimum atomic E-state index is -0.282. The van der Waals surface area contributed by atoms with Gasteiger partial charge in [0.05, 0.1) is 24.7 Å². The Labute approximate surface area is 103 Å². The molecule has 1 aliphatic heterocycles. The van der Waals surface area contributed by atoms with Crippen LogP contribution in [-0.2, 0) is 9.47 Å². The van der Waals surface area contributed by atoms with E-state index >= 15 is 0 Å². The second-order valence-electron chi connectivity index (χ2n) is 5.76. The molecule has 1 saturated carbocycles. The number of hydrogen-bond donors (Lipinski definition) is 1. The lowest BCUT2D eigenvalue weighted by Gasteiger charge is -2.36. The Balaban J connectivity index is 1.74. The van der Waals surface area contributed by atoms with Gasteiger partial charge in [0.25, 0.3) is 0 Å². The minimum absolute atomic E-state index is 0.275. The van der Waals surface area contributed by atoms with Crippen LogP contribution in [0.3, 0.4) is 0 Å². The number of nitrogens with zero attached hydrogens (tertiary/aromatic N) is 1. The van der Waals surface area contributed by atoms with E-state index in [2.05, 4.69) is 11.4 Å². The first-order valence-electron chi connectivity index (χ1n) is 6.48. The Morgan fingerprint density at radius 3 is 2.41 bits per heavy atom. The lowest BCUT2D eigenvalue weighted by molar-refractivity contribution is -0.179. The number of rotatable bonds is 3. The summed E-state index contributed by atoms with van der Waals surface area (Å²) in [5.41, 5.74) is -0.282. The third-order valence-corrected chi connectivity index (χ3v) is 3.70. The van der Waals surface area contributed by atoms with Gasteiger partial charge in [0, 0.05) is 25.4 Å². The van der Waals surface area contributed by atoms with E-state index < -0.39 is 0 Å². The molecule has 0 atom stereocenters. The molecule has 2 rings (SSSR count). The molecule has 1 aliphatic carbocycles. The fraction of sp³-hybridized carbons (Fsp3) is 0.923. The summed E-state index contributed by atoms with van der Waals surface area (Å²) in [7, 11) is 0. The van der Waals surface area contributed by atoms with E-state index in [1.807, 2.05) is 13.8 Å². The first-order valence-corrected chi connectivity index (χ1v) is 6.48. The summed E-state index contributed by atoms with van der Waals surface area (Å²) in [6.45, 7) is 6.16. The molecular weight excluding hydrogens is 216 g/mol. The quantitative estimate of drug-likeness (QED) is 0.814. The normalized spacial score (nSPS) is 25.0. The molecule has 2 aliphatic rings. The van der Waals surface area contributed by atoms with Gasteiger partial charge in [-0.25, -0.2) is 0 Å². The monoisotopic (exact) mass is 238 g/mol. The number of ether oxygens (including phenoxy) is 2. The van der Waals surface area contributed by atoms with Crippen molar-refractivity contribution in [3.8, 4) is 6.07 Å². The van der Waals surface area contributed by atoms with E-state index in [0.717, 1.165) is 45.4 Å². The molecule has 0 aromatic carbocycles. The molecule has 2 fully saturated rings. The molecule has 17 heavy (non-hydrogen) atoms. The molecular formula is C13H22N2O2. The molecule has 0 aromatic rings. The lowest BCUT2D eigenvalue weighted by atomic mass is 9.88. The first kappa shape index (κ1) is 12.8. The van der Waals surface area contributed by atoms with Crippen molar-refractivity contribution in [2.24, 2.45) is 5.41 Å². The number of nitrogens with one attached hydrogen (secondary N) is 1. The van der Waals surface area contributed by atoms with Gasteiger partial charge in [0.1, 0.15) is 0 Å². The fourth-order valence-corrected chi connectivity index (χ4v) is 2.49. The van der Waals surface area contributed by atoms with Crippen molar-refractivity contribution in [3.05, 3.63) is 0 Å². The average Bonchev–Trinajstić information content (AvgIpc) is 2.77. The van der Waals surface area contributed by atoms with E-state index in [1.54, 1.807) is 0 Å². The zero-order chi connectivity index (χ0) is 12.4. The molecule has 96 valence electrons. The predicted molar refractivity (Wildman–Crippen MR) is 64.3 cm³/mol. The zero-order valence-electron chi connectivity index (χ0n) is 10.8. The van der Waals surface area contributed by atoms with Crippen LogP contribution in [-0.4, -0.2) is 31.6 Å². The maximum absolute atomic E-state index is 8.96. The predicted octanol–water partition coefficient (Wildman–Crippen LogP) is 1.81. The van der Waals surface area contributed by atoms with Crippen LogP contribution in [0, 0.1) is 16.7 Å². The van der Waals surface area contributed by atoms with Gasteiger partial charge in [-0.3, -0.25) is 0 Å². The Morgan fingerprint density at radius 2 is 1.88 bits per heavy atom. The highest BCUT2D eigenvalue weighted by Gasteiger charge is 2.40. The van der Waals surface area contributed by atoms with Gasteiger partial charge in [-0.1, -0.05) is 0 Å². The Bertz CT molecular complexity index is 293. The maximum atomic E-state index is 8.96. The Morgan fingerprint density at radius 1 is 1.29 bits per heavy atom. The van der Waals surface area contributed by atoms with Crippen molar-refractivity contribution >= 4 is 0 Å². The molecule has 0 aromatic heterocycles. The number of hydrogen-bond acceptors (Lipinski definition) is 4. The van der Waals surface area contributed by atoms with Crippen LogP contribution < -0.4 is 5.32 Å². The van der Waals surface area contributed by atoms with Crippen molar-refractivity contribution in [1.29, 1.82) is 5.26 Å². The molecule has 1 N–H and O–H groups in total. The SMILES string of the molecule is CC(C)(C#N)CNC1CCC2(CC1)OCCO2. The highest BCUT2D eigenvalue weighted by Crippen LogP contribution is 2.35. The third kappa shape index (κ3) is 3.19. The summed E-state index contributed by atoms with van der Waals surface area (Å²) in [6.07, 6.45) is 4.08. The van der Waals surface area contributed by atoms with Crippen LogP contribution in [0.5, 0.6) is 0 Å². The second-order valence-corrected chi connectivity index (χ2v) is 5.76. The van der Waals surface area contributed by atoms with Crippen molar-refractivity contribution < 1.29 is 9.47 Å². The lowest BCUT2D eigenvalue weighted by Crippen LogP contribution is -2.44. The van der Waals surface area contributed by atoms with Crippen LogP contribution >= 0.6 is 0 Å². The summed E-state index contributed by atoms with van der Waals surface area (Å²) in [6, 6.07) is 2.82. The van der Waals surface area contributed by atoms with Crippen molar-refractivity contribution in [2.75, 3.05) is 19.8 Å². The van der Waals surface area contributed by atoms with E-state index in [9.17, 15) is 0 Å². The highest BCUT2D eigenvalue weighted by atomic mass is 16.7. The molecule has 0 unspecified atom stereocenters. The van der Waals surface area contributed by atoms with Gasteiger partial charge in [0.2, 0.25) is 0 Å². The molecule has 1 heterocycles. The molecule has 1 saturated heterocycles. The van der Waals surface area contributed by atoms with Crippen molar-refractivity contribution in [1.82, 2.24) is 5.32 Å². The van der Waals surface area contributed by atoms with E-state index in [0.29, 0.717) is 6.04 Å². The first-order chi connectivity index (χ1) is 8.05. The summed E-state index contributed by atoms with van der Waals surface area (Å²) in [4.78, 5) is 0. The van der Waals surface area contributed by atoms with Gasteiger partial charge in [-0.05, 0) is 26.7 Å². The maximum Gasteiger partial charge on any atom is 0.168 e. The van der Waals surface area contributed by atoms with Gasteiger partial charge in [-0.15, -0.1) is 0 Å². The van der Waals surface area contributed by atoms with Crippen molar-refractivity contribution in [2.45, 2.75) is 51.4 Å². The average molecular weight is 238 g/mol. The largest absolute Gasteiger partial charge is 0.348 e. The molecule has 0 radical (unpaired) electrons. The Kier molecular flexibility index (Phi) is 3.72. The van der Waals surface area contributed by atoms with Gasteiger partial charge >= 0.3 is 0 Å². The summed E-state index contributed by atoms with van der Waals surface area (Å²) in [5.74, 6) is -0.275. The van der Waals surface area contributed by atoms with E-state index in [4.69, 9.17) is 14.7 Å². The van der Waals surface area contributed by atoms with Crippen LogP contribution in [0.2, 0.25) is 0 Å². The fourth-order valence-electron chi connectivity index (χ4n) is 2.49. The van der Waals surface area contributed by atoms with E-state index in [-0.39, 0.29) is 11.2 Å². The minimum Gasteiger partial charge on any atom is -0.348 e. The van der Waals surface area contributed by atoms with Crippen LogP contribution in [0.4, 0.5) is 0 Å². The summed E-state index contributed by atoms with van der Waals surface area (Å²) >= 11 is 0. The Hall–Kier alpha value is -0.630. The van der Waals surface area contributed by atoms with Gasteiger partial charge < -0.3 is 14.8 Å². The van der Waals surface area contributed by atoms with Gasteiger partial charge in [-0.2, -0.15) is 5.26 Å². The summed E-state index contributed by atoms with van der Waals surface area (Å²) < 4.78 is 11.4. The van der Waals surface area contributed by atoms with Crippen LogP contribution in [0.25, 0.3) is 0 Å². The zero-order valence-corrected chi connectivity index (χ0v) is 10.8. The smallest absolute Gasteiger partial charge is 0.168 e. The van der Waals surface area contributed by atoms with Crippen LogP contribution in [0.1, 0.15) is 39.5 Å². The topological polar surface area (TPSA) is 54.3 Å². The molecule has 1 spiro atoms. The highest BCUT2D eigenvalue weighted by molar-refractivity contribution is 4.95. The molecule has 4 nitrogen and oxygen atoms in total. The molecule has 0 amide bonds. The van der Waals surface area contributed by atoms with Crippen molar-refractivity contribution in [3.63, 3.8) is 0 Å². The molecule has 0 bridgehead atoms.